The molecule has 0 aliphatic carbocycles. The summed E-state index contributed by atoms with van der Waals surface area (Å²) < 4.78 is 31.4. The Morgan fingerprint density at radius 3 is 2.56 bits per heavy atom. The van der Waals surface area contributed by atoms with E-state index in [-0.39, 0.29) is 23.6 Å². The quantitative estimate of drug-likeness (QED) is 0.845. The van der Waals surface area contributed by atoms with Gasteiger partial charge in [0.1, 0.15) is 11.5 Å². The zero-order valence-corrected chi connectivity index (χ0v) is 11.5. The molecule has 0 radical (unpaired) electrons. The van der Waals surface area contributed by atoms with E-state index in [4.69, 9.17) is 4.74 Å². The number of aryl methyl sites for hydroxylation is 1. The van der Waals surface area contributed by atoms with E-state index in [0.717, 1.165) is 0 Å². The van der Waals surface area contributed by atoms with Gasteiger partial charge in [-0.05, 0) is 37.6 Å². The summed E-state index contributed by atoms with van der Waals surface area (Å²) in [5.74, 6) is 0.555. The number of nitrogens with one attached hydrogen (secondary N) is 1. The highest BCUT2D eigenvalue weighted by Gasteiger charge is 2.16. The van der Waals surface area contributed by atoms with Crippen molar-refractivity contribution in [3.8, 4) is 5.75 Å². The van der Waals surface area contributed by atoms with Crippen molar-refractivity contribution in [2.45, 2.75) is 25.2 Å². The summed E-state index contributed by atoms with van der Waals surface area (Å²) in [6, 6.07) is 4.73. The van der Waals surface area contributed by atoms with Crippen molar-refractivity contribution in [3.63, 3.8) is 0 Å². The number of sulfonamides is 1. The smallest absolute Gasteiger partial charge is 0.240 e. The summed E-state index contributed by atoms with van der Waals surface area (Å²) in [6.07, 6.45) is 0.189. The largest absolute Gasteiger partial charge is 0.497 e. The van der Waals surface area contributed by atoms with Gasteiger partial charge < -0.3 is 4.74 Å². The molecule has 5 nitrogen and oxygen atoms in total. The molecule has 0 unspecified atom stereocenters. The van der Waals surface area contributed by atoms with Crippen molar-refractivity contribution in [2.24, 2.45) is 0 Å². The number of ketones is 1. The van der Waals surface area contributed by atoms with Crippen LogP contribution in [0.25, 0.3) is 0 Å². The highest BCUT2D eigenvalue weighted by Crippen LogP contribution is 2.20. The lowest BCUT2D eigenvalue weighted by Gasteiger charge is -2.10. The van der Waals surface area contributed by atoms with Crippen molar-refractivity contribution in [1.29, 1.82) is 0 Å². The van der Waals surface area contributed by atoms with Crippen molar-refractivity contribution < 1.29 is 17.9 Å². The summed E-state index contributed by atoms with van der Waals surface area (Å²) in [7, 11) is -2.05. The molecule has 18 heavy (non-hydrogen) atoms. The summed E-state index contributed by atoms with van der Waals surface area (Å²) >= 11 is 0. The van der Waals surface area contributed by atoms with Crippen LogP contribution in [0.1, 0.15) is 18.9 Å². The molecule has 0 fully saturated rings. The van der Waals surface area contributed by atoms with E-state index in [1.54, 1.807) is 19.1 Å². The fourth-order valence-electron chi connectivity index (χ4n) is 1.49. The predicted octanol–water partition coefficient (Wildman–Crippen LogP) is 1.26. The van der Waals surface area contributed by atoms with Crippen molar-refractivity contribution in [1.82, 2.24) is 4.72 Å². The number of benzene rings is 1. The molecule has 1 N–H and O–H groups in total. The Morgan fingerprint density at radius 1 is 1.39 bits per heavy atom. The number of rotatable bonds is 6. The van der Waals surface area contributed by atoms with E-state index >= 15 is 0 Å². The van der Waals surface area contributed by atoms with Crippen LogP contribution < -0.4 is 9.46 Å². The van der Waals surface area contributed by atoms with Crippen LogP contribution in [0.15, 0.2) is 23.1 Å². The minimum absolute atomic E-state index is 0.0517. The van der Waals surface area contributed by atoms with E-state index in [1.165, 1.54) is 20.1 Å². The van der Waals surface area contributed by atoms with E-state index in [2.05, 4.69) is 4.72 Å². The molecule has 0 saturated carbocycles. The van der Waals surface area contributed by atoms with Crippen LogP contribution >= 0.6 is 0 Å². The third kappa shape index (κ3) is 3.82. The average Bonchev–Trinajstić information content (AvgIpc) is 2.27. The molecular formula is C12H17NO4S. The average molecular weight is 271 g/mol. The molecule has 1 aromatic carbocycles. The molecule has 0 aliphatic heterocycles. The van der Waals surface area contributed by atoms with Crippen LogP contribution in [0.5, 0.6) is 5.75 Å². The number of carbonyl (C=O) groups is 1. The van der Waals surface area contributed by atoms with Crippen LogP contribution in [0, 0.1) is 6.92 Å². The van der Waals surface area contributed by atoms with E-state index in [1.807, 2.05) is 0 Å². The number of methoxy groups -OCH3 is 1. The minimum Gasteiger partial charge on any atom is -0.497 e. The zero-order valence-electron chi connectivity index (χ0n) is 10.7. The molecule has 1 aromatic rings. The SMILES string of the molecule is COc1ccc(S(=O)(=O)NCCC(C)=O)c(C)c1. The van der Waals surface area contributed by atoms with Gasteiger partial charge in [0, 0.05) is 13.0 Å². The molecule has 0 heterocycles. The van der Waals surface area contributed by atoms with Gasteiger partial charge in [0.05, 0.1) is 12.0 Å². The number of ether oxygens (including phenoxy) is 1. The normalized spacial score (nSPS) is 11.3. The Hall–Kier alpha value is -1.40. The molecule has 0 bridgehead atoms. The van der Waals surface area contributed by atoms with Gasteiger partial charge in [-0.2, -0.15) is 0 Å². The second-order valence-electron chi connectivity index (χ2n) is 3.98. The van der Waals surface area contributed by atoms with E-state index < -0.39 is 10.0 Å². The Labute approximate surface area is 107 Å². The Balaban J connectivity index is 2.88. The molecule has 100 valence electrons. The van der Waals surface area contributed by atoms with Gasteiger partial charge in [-0.3, -0.25) is 4.79 Å². The lowest BCUT2D eigenvalue weighted by Crippen LogP contribution is -2.26. The predicted molar refractivity (Wildman–Crippen MR) is 68.2 cm³/mol. The van der Waals surface area contributed by atoms with E-state index in [9.17, 15) is 13.2 Å². The fraction of sp³-hybridized carbons (Fsp3) is 0.417. The number of Topliss-reactive ketones (excluding diaryl/α,β-unsaturated/α-hetero) is 1. The van der Waals surface area contributed by atoms with Gasteiger partial charge in [-0.1, -0.05) is 0 Å². The number of hydrogen-bond donors (Lipinski definition) is 1. The molecule has 6 heteroatoms. The van der Waals surface area contributed by atoms with Gasteiger partial charge in [-0.15, -0.1) is 0 Å². The Kier molecular flexibility index (Phi) is 4.86. The zero-order chi connectivity index (χ0) is 13.8. The van der Waals surface area contributed by atoms with Crippen LogP contribution in [0.4, 0.5) is 0 Å². The molecule has 0 aliphatic rings. The topological polar surface area (TPSA) is 72.5 Å². The minimum atomic E-state index is -3.57. The maximum Gasteiger partial charge on any atom is 0.240 e. The molecule has 0 saturated heterocycles. The first kappa shape index (κ1) is 14.7. The van der Waals surface area contributed by atoms with Gasteiger partial charge in [0.2, 0.25) is 10.0 Å². The Bertz CT molecular complexity index is 537. The first-order valence-corrected chi connectivity index (χ1v) is 6.99. The van der Waals surface area contributed by atoms with Crippen molar-refractivity contribution in [3.05, 3.63) is 23.8 Å². The van der Waals surface area contributed by atoms with Crippen LogP contribution in [0.3, 0.4) is 0 Å². The first-order valence-electron chi connectivity index (χ1n) is 5.50. The fourth-order valence-corrected chi connectivity index (χ4v) is 2.75. The van der Waals surface area contributed by atoms with Crippen LogP contribution in [0.2, 0.25) is 0 Å². The third-order valence-corrected chi connectivity index (χ3v) is 4.06. The first-order chi connectivity index (χ1) is 8.36. The van der Waals surface area contributed by atoms with Crippen molar-refractivity contribution >= 4 is 15.8 Å². The molecule has 0 spiro atoms. The summed E-state index contributed by atoms with van der Waals surface area (Å²) in [4.78, 5) is 11.0. The van der Waals surface area contributed by atoms with Gasteiger partial charge in [-0.25, -0.2) is 13.1 Å². The van der Waals surface area contributed by atoms with Gasteiger partial charge in [0.25, 0.3) is 0 Å². The highest BCUT2D eigenvalue weighted by molar-refractivity contribution is 7.89. The molecule has 0 aromatic heterocycles. The van der Waals surface area contributed by atoms with Crippen LogP contribution in [-0.4, -0.2) is 27.9 Å². The van der Waals surface area contributed by atoms with Gasteiger partial charge >= 0.3 is 0 Å². The number of hydrogen-bond acceptors (Lipinski definition) is 4. The standard InChI is InChI=1S/C12H17NO4S/c1-9-8-11(17-3)4-5-12(9)18(15,16)13-7-6-10(2)14/h4-5,8,13H,6-7H2,1-3H3. The van der Waals surface area contributed by atoms with Crippen molar-refractivity contribution in [2.75, 3.05) is 13.7 Å². The molecule has 0 atom stereocenters. The summed E-state index contributed by atoms with van der Waals surface area (Å²) in [5, 5.41) is 0. The second kappa shape index (κ2) is 5.97. The molecule has 1 rings (SSSR count). The summed E-state index contributed by atoms with van der Waals surface area (Å²) in [5.41, 5.74) is 0.602. The maximum atomic E-state index is 12.0. The third-order valence-electron chi connectivity index (χ3n) is 2.44. The molecular weight excluding hydrogens is 254 g/mol. The second-order valence-corrected chi connectivity index (χ2v) is 5.72. The van der Waals surface area contributed by atoms with Gasteiger partial charge in [0.15, 0.2) is 0 Å². The van der Waals surface area contributed by atoms with Crippen LogP contribution in [-0.2, 0) is 14.8 Å². The van der Waals surface area contributed by atoms with E-state index in [0.29, 0.717) is 11.3 Å². The monoisotopic (exact) mass is 271 g/mol. The lowest BCUT2D eigenvalue weighted by atomic mass is 10.2. The summed E-state index contributed by atoms with van der Waals surface area (Å²) in [6.45, 7) is 3.23. The number of carbonyl (C=O) groups excluding carboxylic acids is 1. The highest BCUT2D eigenvalue weighted by atomic mass is 32.2. The Morgan fingerprint density at radius 2 is 2.06 bits per heavy atom. The maximum absolute atomic E-state index is 12.0. The molecule has 0 amide bonds. The lowest BCUT2D eigenvalue weighted by molar-refractivity contribution is -0.116.